The van der Waals surface area contributed by atoms with Crippen molar-refractivity contribution in [2.75, 3.05) is 20.0 Å². The van der Waals surface area contributed by atoms with Crippen molar-refractivity contribution in [3.63, 3.8) is 0 Å². The number of hydroxylamine groups is 2. The van der Waals surface area contributed by atoms with Gasteiger partial charge in [-0.05, 0) is 23.3 Å². The lowest BCUT2D eigenvalue weighted by Gasteiger charge is -2.32. The van der Waals surface area contributed by atoms with E-state index in [4.69, 9.17) is 9.47 Å². The molecule has 2 aliphatic rings. The highest BCUT2D eigenvalue weighted by Gasteiger charge is 2.43. The lowest BCUT2D eigenvalue weighted by molar-refractivity contribution is -0.118. The Labute approximate surface area is 161 Å². The van der Waals surface area contributed by atoms with E-state index in [9.17, 15) is 13.6 Å². The van der Waals surface area contributed by atoms with Gasteiger partial charge in [0.05, 0.1) is 16.7 Å². The van der Waals surface area contributed by atoms with E-state index < -0.39 is 32.1 Å². The van der Waals surface area contributed by atoms with Crippen LogP contribution >= 0.6 is 22.6 Å². The van der Waals surface area contributed by atoms with Crippen LogP contribution in [-0.2, 0) is 19.3 Å². The van der Waals surface area contributed by atoms with E-state index in [2.05, 4.69) is 0 Å². The summed E-state index contributed by atoms with van der Waals surface area (Å²) in [7, 11) is -0.503. The maximum Gasteiger partial charge on any atom is 0.180 e. The van der Waals surface area contributed by atoms with Crippen LogP contribution in [-0.4, -0.2) is 54.9 Å². The van der Waals surface area contributed by atoms with E-state index in [-0.39, 0.29) is 10.7 Å². The van der Waals surface area contributed by atoms with Crippen molar-refractivity contribution in [1.29, 1.82) is 0 Å². The molecule has 1 aromatic carbocycles. The molecular formula is C17H20INO5S. The van der Waals surface area contributed by atoms with Crippen molar-refractivity contribution < 1.29 is 23.1 Å². The average molecular weight is 477 g/mol. The number of hydrogen-bond donors (Lipinski definition) is 1. The van der Waals surface area contributed by atoms with Crippen LogP contribution in [0.2, 0.25) is 0 Å². The molecule has 6 nitrogen and oxygen atoms in total. The van der Waals surface area contributed by atoms with Crippen LogP contribution in [0.4, 0.5) is 0 Å². The van der Waals surface area contributed by atoms with Crippen LogP contribution in [0.1, 0.15) is 11.6 Å². The van der Waals surface area contributed by atoms with Crippen molar-refractivity contribution >= 4 is 32.4 Å². The molecule has 0 spiro atoms. The number of rotatable bonds is 3. The van der Waals surface area contributed by atoms with E-state index in [0.717, 1.165) is 10.6 Å². The Morgan fingerprint density at radius 3 is 2.32 bits per heavy atom. The van der Waals surface area contributed by atoms with Crippen LogP contribution < -0.4 is 0 Å². The Morgan fingerprint density at radius 1 is 1.12 bits per heavy atom. The highest BCUT2D eigenvalue weighted by molar-refractivity contribution is 14.1. The summed E-state index contributed by atoms with van der Waals surface area (Å²) in [6, 6.07) is 8.76. The summed E-state index contributed by atoms with van der Waals surface area (Å²) in [6.45, 7) is 0. The van der Waals surface area contributed by atoms with Crippen molar-refractivity contribution in [3.8, 4) is 0 Å². The minimum atomic E-state index is -3.57. The number of alkyl halides is 1. The lowest BCUT2D eigenvalue weighted by atomic mass is 9.91. The Morgan fingerprint density at radius 2 is 1.72 bits per heavy atom. The molecule has 8 heteroatoms. The highest BCUT2D eigenvalue weighted by atomic mass is 127. The molecule has 0 bridgehead atoms. The standard InChI is InChI=1S/C17H20INO5S/c1-23-13-8-12-15(9-14(13)24-2)25(21,22)10-16(18)19(20)17(12)11-6-4-3-5-7-11/h3-9,13-14,16-17,20H,10H2,1-2H3/t13?,14?,16-,17-/m1/s1. The summed E-state index contributed by atoms with van der Waals surface area (Å²) in [4.78, 5) is 0.208. The van der Waals surface area contributed by atoms with E-state index in [0.29, 0.717) is 5.57 Å². The first-order chi connectivity index (χ1) is 11.9. The van der Waals surface area contributed by atoms with Crippen molar-refractivity contribution in [3.05, 3.63) is 58.5 Å². The lowest BCUT2D eigenvalue weighted by Crippen LogP contribution is -2.35. The quantitative estimate of drug-likeness (QED) is 0.410. The summed E-state index contributed by atoms with van der Waals surface area (Å²) in [5.41, 5.74) is 1.33. The fourth-order valence-electron chi connectivity index (χ4n) is 3.23. The summed E-state index contributed by atoms with van der Waals surface area (Å²) in [5.74, 6) is -0.176. The topological polar surface area (TPSA) is 76.1 Å². The van der Waals surface area contributed by atoms with Crippen molar-refractivity contribution in [2.24, 2.45) is 0 Å². The molecular weight excluding hydrogens is 457 g/mol. The van der Waals surface area contributed by atoms with Gasteiger partial charge in [0.1, 0.15) is 16.3 Å². The molecule has 1 N–H and O–H groups in total. The maximum atomic E-state index is 12.9. The molecule has 0 amide bonds. The molecule has 4 atom stereocenters. The van der Waals surface area contributed by atoms with E-state index in [1.807, 2.05) is 52.9 Å². The molecule has 1 aliphatic carbocycles. The van der Waals surface area contributed by atoms with Gasteiger partial charge in [-0.25, -0.2) is 8.42 Å². The Kier molecular flexibility index (Phi) is 5.66. The van der Waals surface area contributed by atoms with E-state index >= 15 is 0 Å². The molecule has 0 radical (unpaired) electrons. The van der Waals surface area contributed by atoms with Gasteiger partial charge in [-0.1, -0.05) is 52.9 Å². The van der Waals surface area contributed by atoms with Crippen molar-refractivity contribution in [1.82, 2.24) is 5.06 Å². The molecule has 0 saturated carbocycles. The average Bonchev–Trinajstić information content (AvgIpc) is 2.67. The first-order valence-electron chi connectivity index (χ1n) is 7.77. The monoisotopic (exact) mass is 477 g/mol. The smallest absolute Gasteiger partial charge is 0.180 e. The Bertz CT molecular complexity index is 793. The molecule has 25 heavy (non-hydrogen) atoms. The second-order valence-corrected chi connectivity index (χ2v) is 9.40. The molecule has 0 aromatic heterocycles. The van der Waals surface area contributed by atoms with Gasteiger partial charge in [-0.3, -0.25) is 0 Å². The third-order valence-electron chi connectivity index (χ3n) is 4.47. The van der Waals surface area contributed by atoms with Gasteiger partial charge in [-0.15, -0.1) is 0 Å². The van der Waals surface area contributed by atoms with E-state index in [1.54, 1.807) is 19.3 Å². The minimum Gasteiger partial charge on any atom is -0.374 e. The molecule has 1 aliphatic heterocycles. The molecule has 1 aromatic rings. The molecule has 2 unspecified atom stereocenters. The van der Waals surface area contributed by atoms with Crippen molar-refractivity contribution in [2.45, 2.75) is 22.3 Å². The SMILES string of the molecule is COC1C=C2C(=CC1OC)S(=O)(=O)C[C@H](I)N(O)[C@@H]2c1ccccc1. The van der Waals surface area contributed by atoms with Crippen LogP contribution in [0, 0.1) is 0 Å². The molecule has 136 valence electrons. The predicted molar refractivity (Wildman–Crippen MR) is 102 cm³/mol. The Balaban J connectivity index is 2.21. The number of nitrogens with zero attached hydrogens (tertiary/aromatic N) is 1. The number of ether oxygens (including phenoxy) is 2. The van der Waals surface area contributed by atoms with Gasteiger partial charge in [0.2, 0.25) is 0 Å². The van der Waals surface area contributed by atoms with Gasteiger partial charge in [0.15, 0.2) is 9.84 Å². The molecule has 1 fully saturated rings. The van der Waals surface area contributed by atoms with E-state index in [1.165, 1.54) is 7.11 Å². The summed E-state index contributed by atoms with van der Waals surface area (Å²) >= 11 is 1.96. The zero-order valence-corrected chi connectivity index (χ0v) is 16.8. The minimum absolute atomic E-state index is 0.176. The van der Waals surface area contributed by atoms with Gasteiger partial charge in [0.25, 0.3) is 0 Å². The molecule has 1 saturated heterocycles. The summed E-state index contributed by atoms with van der Waals surface area (Å²) in [5, 5.41) is 11.9. The van der Waals surface area contributed by atoms with Gasteiger partial charge in [-0.2, -0.15) is 5.06 Å². The van der Waals surface area contributed by atoms with Gasteiger partial charge in [0, 0.05) is 14.2 Å². The first kappa shape index (κ1) is 19.0. The fourth-order valence-corrected chi connectivity index (χ4v) is 6.54. The zero-order valence-electron chi connectivity index (χ0n) is 13.9. The predicted octanol–water partition coefficient (Wildman–Crippen LogP) is 2.46. The third-order valence-corrected chi connectivity index (χ3v) is 7.87. The number of fused-ring (bicyclic) bond motifs is 1. The highest BCUT2D eigenvalue weighted by Crippen LogP contribution is 2.43. The normalized spacial score (nSPS) is 32.3. The molecule has 3 rings (SSSR count). The molecule has 1 heterocycles. The number of benzene rings is 1. The van der Waals surface area contributed by atoms with Crippen LogP contribution in [0.25, 0.3) is 0 Å². The number of methoxy groups -OCH3 is 2. The van der Waals surface area contributed by atoms with Crippen LogP contribution in [0.3, 0.4) is 0 Å². The summed E-state index contributed by atoms with van der Waals surface area (Å²) in [6.07, 6.45) is 2.42. The third kappa shape index (κ3) is 3.56. The number of hydrogen-bond acceptors (Lipinski definition) is 6. The largest absolute Gasteiger partial charge is 0.374 e. The number of sulfone groups is 1. The van der Waals surface area contributed by atoms with Crippen LogP contribution in [0.5, 0.6) is 0 Å². The Hall–Kier alpha value is -0.780. The second kappa shape index (κ2) is 7.45. The fraction of sp³-hybridized carbons (Fsp3) is 0.412. The van der Waals surface area contributed by atoms with Crippen LogP contribution in [0.15, 0.2) is 53.0 Å². The summed E-state index contributed by atoms with van der Waals surface area (Å²) < 4.78 is 36.0. The number of halogens is 1. The second-order valence-electron chi connectivity index (χ2n) is 5.96. The maximum absolute atomic E-state index is 12.9. The zero-order chi connectivity index (χ0) is 18.2. The van der Waals surface area contributed by atoms with Gasteiger partial charge >= 0.3 is 0 Å². The first-order valence-corrected chi connectivity index (χ1v) is 10.7. The van der Waals surface area contributed by atoms with Gasteiger partial charge < -0.3 is 14.7 Å².